The number of benzene rings is 1. The number of hydrogen-bond acceptors (Lipinski definition) is 2. The van der Waals surface area contributed by atoms with E-state index in [1.165, 1.54) is 0 Å². The van der Waals surface area contributed by atoms with E-state index in [1.54, 1.807) is 6.07 Å². The Bertz CT molecular complexity index is 564. The molecule has 2 aliphatic rings. The van der Waals surface area contributed by atoms with Crippen molar-refractivity contribution in [2.75, 3.05) is 6.61 Å². The molecule has 0 unspecified atom stereocenters. The van der Waals surface area contributed by atoms with Crippen LogP contribution in [0, 0.1) is 0 Å². The van der Waals surface area contributed by atoms with Crippen molar-refractivity contribution in [3.05, 3.63) is 41.2 Å². The van der Waals surface area contributed by atoms with E-state index < -0.39 is 0 Å². The monoisotopic (exact) mass is 275 g/mol. The standard InChI is InChI=1S/C16H18FNO2/c1-2-11(8-17)10-20-14-5-6-15-12(7-14)9-18(16(15)19)13-3-4-13/h5-8,13H,2-4,9-10H2,1H3/b11-8-. The SMILES string of the molecule is CC/C(=C/F)COc1ccc2c(c1)CN(C1CC1)C2=O. The maximum Gasteiger partial charge on any atom is 0.254 e. The van der Waals surface area contributed by atoms with Gasteiger partial charge < -0.3 is 9.64 Å². The van der Waals surface area contributed by atoms with Gasteiger partial charge in [0.1, 0.15) is 12.4 Å². The molecule has 1 aromatic carbocycles. The van der Waals surface area contributed by atoms with E-state index >= 15 is 0 Å². The molecule has 3 rings (SSSR count). The summed E-state index contributed by atoms with van der Waals surface area (Å²) < 4.78 is 18.1. The Labute approximate surface area is 118 Å². The smallest absolute Gasteiger partial charge is 0.254 e. The lowest BCUT2D eigenvalue weighted by Gasteiger charge is -2.13. The fourth-order valence-corrected chi connectivity index (χ4v) is 2.48. The number of rotatable bonds is 5. The topological polar surface area (TPSA) is 29.5 Å². The molecule has 1 aliphatic carbocycles. The van der Waals surface area contributed by atoms with Crippen LogP contribution in [0.1, 0.15) is 42.1 Å². The molecule has 1 saturated carbocycles. The van der Waals surface area contributed by atoms with Gasteiger partial charge in [-0.1, -0.05) is 6.92 Å². The minimum atomic E-state index is 0.131. The highest BCUT2D eigenvalue weighted by Gasteiger charge is 2.38. The van der Waals surface area contributed by atoms with Gasteiger partial charge in [-0.2, -0.15) is 0 Å². The minimum absolute atomic E-state index is 0.131. The third kappa shape index (κ3) is 2.42. The summed E-state index contributed by atoms with van der Waals surface area (Å²) in [5.41, 5.74) is 2.42. The molecule has 0 spiro atoms. The second-order valence-electron chi connectivity index (χ2n) is 5.39. The zero-order chi connectivity index (χ0) is 14.1. The van der Waals surface area contributed by atoms with Gasteiger partial charge in [0.05, 0.1) is 6.33 Å². The zero-order valence-electron chi connectivity index (χ0n) is 11.6. The Kier molecular flexibility index (Phi) is 3.47. The van der Waals surface area contributed by atoms with Crippen LogP contribution in [0.4, 0.5) is 4.39 Å². The Morgan fingerprint density at radius 1 is 1.50 bits per heavy atom. The van der Waals surface area contributed by atoms with Gasteiger partial charge in [0, 0.05) is 18.2 Å². The van der Waals surface area contributed by atoms with Crippen LogP contribution in [-0.2, 0) is 6.54 Å². The second-order valence-corrected chi connectivity index (χ2v) is 5.39. The van der Waals surface area contributed by atoms with E-state index in [-0.39, 0.29) is 12.5 Å². The van der Waals surface area contributed by atoms with E-state index in [9.17, 15) is 9.18 Å². The first-order valence-electron chi connectivity index (χ1n) is 7.07. The normalized spacial score (nSPS) is 18.4. The Morgan fingerprint density at radius 2 is 2.30 bits per heavy atom. The molecular weight excluding hydrogens is 257 g/mol. The highest BCUT2D eigenvalue weighted by Crippen LogP contribution is 2.35. The summed E-state index contributed by atoms with van der Waals surface area (Å²) in [6, 6.07) is 5.94. The molecular formula is C16H18FNO2. The minimum Gasteiger partial charge on any atom is -0.489 e. The molecule has 0 bridgehead atoms. The number of amides is 1. The maximum absolute atomic E-state index is 12.5. The summed E-state index contributed by atoms with van der Waals surface area (Å²) in [7, 11) is 0. The molecule has 106 valence electrons. The van der Waals surface area contributed by atoms with Crippen molar-refractivity contribution in [3.8, 4) is 5.75 Å². The number of carbonyl (C=O) groups is 1. The summed E-state index contributed by atoms with van der Waals surface area (Å²) in [6.07, 6.45) is 3.47. The van der Waals surface area contributed by atoms with Gasteiger partial charge in [-0.3, -0.25) is 4.79 Å². The molecule has 0 radical (unpaired) electrons. The van der Waals surface area contributed by atoms with Crippen molar-refractivity contribution in [2.45, 2.75) is 38.8 Å². The van der Waals surface area contributed by atoms with Crippen LogP contribution >= 0.6 is 0 Å². The molecule has 4 heteroatoms. The Balaban J connectivity index is 1.71. The van der Waals surface area contributed by atoms with Gasteiger partial charge in [-0.05, 0) is 48.6 Å². The molecule has 0 atom stereocenters. The lowest BCUT2D eigenvalue weighted by atomic mass is 10.1. The average molecular weight is 275 g/mol. The quantitative estimate of drug-likeness (QED) is 0.823. The maximum atomic E-state index is 12.5. The van der Waals surface area contributed by atoms with Crippen molar-refractivity contribution in [1.29, 1.82) is 0 Å². The van der Waals surface area contributed by atoms with E-state index in [4.69, 9.17) is 4.74 Å². The largest absolute Gasteiger partial charge is 0.489 e. The fraction of sp³-hybridized carbons (Fsp3) is 0.438. The van der Waals surface area contributed by atoms with Crippen molar-refractivity contribution in [2.24, 2.45) is 0 Å². The van der Waals surface area contributed by atoms with Crippen LogP contribution < -0.4 is 4.74 Å². The molecule has 3 nitrogen and oxygen atoms in total. The van der Waals surface area contributed by atoms with Gasteiger partial charge in [0.2, 0.25) is 0 Å². The summed E-state index contributed by atoms with van der Waals surface area (Å²) in [5.74, 6) is 0.828. The molecule has 1 heterocycles. The molecule has 0 saturated heterocycles. The van der Waals surface area contributed by atoms with Gasteiger partial charge in [0.15, 0.2) is 0 Å². The van der Waals surface area contributed by atoms with Gasteiger partial charge in [0.25, 0.3) is 5.91 Å². The number of nitrogens with zero attached hydrogens (tertiary/aromatic N) is 1. The van der Waals surface area contributed by atoms with Crippen molar-refractivity contribution >= 4 is 5.91 Å². The summed E-state index contributed by atoms with van der Waals surface area (Å²) in [6.45, 7) is 2.82. The van der Waals surface area contributed by atoms with Crippen molar-refractivity contribution < 1.29 is 13.9 Å². The molecule has 1 amide bonds. The van der Waals surface area contributed by atoms with Crippen molar-refractivity contribution in [3.63, 3.8) is 0 Å². The summed E-state index contributed by atoms with van der Waals surface area (Å²) >= 11 is 0. The number of ether oxygens (including phenoxy) is 1. The van der Waals surface area contributed by atoms with Crippen LogP contribution in [-0.4, -0.2) is 23.5 Å². The summed E-state index contributed by atoms with van der Waals surface area (Å²) in [5, 5.41) is 0. The highest BCUT2D eigenvalue weighted by atomic mass is 19.1. The zero-order valence-corrected chi connectivity index (χ0v) is 11.6. The first-order valence-corrected chi connectivity index (χ1v) is 7.07. The predicted octanol–water partition coefficient (Wildman–Crippen LogP) is 3.45. The van der Waals surface area contributed by atoms with E-state index in [0.717, 1.165) is 24.0 Å². The summed E-state index contributed by atoms with van der Waals surface area (Å²) in [4.78, 5) is 14.1. The van der Waals surface area contributed by atoms with E-state index in [1.807, 2.05) is 24.0 Å². The molecule has 20 heavy (non-hydrogen) atoms. The molecule has 1 aromatic rings. The number of hydrogen-bond donors (Lipinski definition) is 0. The number of carbonyl (C=O) groups excluding carboxylic acids is 1. The second kappa shape index (κ2) is 5.27. The molecule has 0 aromatic heterocycles. The van der Waals surface area contributed by atoms with E-state index in [2.05, 4.69) is 0 Å². The molecule has 1 fully saturated rings. The van der Waals surface area contributed by atoms with Crippen molar-refractivity contribution in [1.82, 2.24) is 4.90 Å². The fourth-order valence-electron chi connectivity index (χ4n) is 2.48. The highest BCUT2D eigenvalue weighted by molar-refractivity contribution is 5.98. The van der Waals surface area contributed by atoms with Gasteiger partial charge in [-0.15, -0.1) is 0 Å². The van der Waals surface area contributed by atoms with Crippen LogP contribution in [0.5, 0.6) is 5.75 Å². The first kappa shape index (κ1) is 13.2. The predicted molar refractivity (Wildman–Crippen MR) is 74.3 cm³/mol. The number of halogens is 1. The van der Waals surface area contributed by atoms with Gasteiger partial charge in [-0.25, -0.2) is 4.39 Å². The Morgan fingerprint density at radius 3 is 2.95 bits per heavy atom. The Hall–Kier alpha value is -1.84. The first-order chi connectivity index (χ1) is 9.72. The molecule has 1 aliphatic heterocycles. The third-order valence-electron chi connectivity index (χ3n) is 3.93. The van der Waals surface area contributed by atoms with Crippen LogP contribution in [0.15, 0.2) is 30.1 Å². The van der Waals surface area contributed by atoms with Crippen LogP contribution in [0.2, 0.25) is 0 Å². The third-order valence-corrected chi connectivity index (χ3v) is 3.93. The average Bonchev–Trinajstić information content (AvgIpc) is 3.25. The lowest BCUT2D eigenvalue weighted by Crippen LogP contribution is -2.25. The van der Waals surface area contributed by atoms with Gasteiger partial charge >= 0.3 is 0 Å². The molecule has 0 N–H and O–H groups in total. The van der Waals surface area contributed by atoms with Crippen LogP contribution in [0.3, 0.4) is 0 Å². The lowest BCUT2D eigenvalue weighted by molar-refractivity contribution is 0.0766. The number of fused-ring (bicyclic) bond motifs is 1. The van der Waals surface area contributed by atoms with Crippen LogP contribution in [0.25, 0.3) is 0 Å². The van der Waals surface area contributed by atoms with E-state index in [0.29, 0.717) is 36.7 Å².